The molecule has 1 aliphatic rings. The summed E-state index contributed by atoms with van der Waals surface area (Å²) >= 11 is 6.09. The Balaban J connectivity index is 1.83. The monoisotopic (exact) mass is 388 g/mol. The molecule has 0 unspecified atom stereocenters. The molecule has 6 nitrogen and oxygen atoms in total. The summed E-state index contributed by atoms with van der Waals surface area (Å²) in [6.45, 7) is 5.87. The standard InChI is InChI=1S/C20H21ClN2O4/c1-19(2,3)22-18(24)20(9-10-20)13-5-4-6-15(11-13)27-17-8-7-14(23(25)26)12-16(17)21/h4-8,11-12H,9-10H2,1-3H3,(H,22,24). The molecule has 27 heavy (non-hydrogen) atoms. The van der Waals surface area contributed by atoms with Crippen LogP contribution in [0.25, 0.3) is 0 Å². The van der Waals surface area contributed by atoms with E-state index >= 15 is 0 Å². The number of amides is 1. The first-order valence-corrected chi connectivity index (χ1v) is 9.03. The van der Waals surface area contributed by atoms with Crippen molar-refractivity contribution in [2.45, 2.75) is 44.6 Å². The summed E-state index contributed by atoms with van der Waals surface area (Å²) < 4.78 is 5.80. The fourth-order valence-corrected chi connectivity index (χ4v) is 3.12. The molecule has 0 aromatic heterocycles. The van der Waals surface area contributed by atoms with Crippen LogP contribution in [0.4, 0.5) is 5.69 Å². The Morgan fingerprint density at radius 1 is 1.22 bits per heavy atom. The number of benzene rings is 2. The van der Waals surface area contributed by atoms with Crippen molar-refractivity contribution in [3.8, 4) is 11.5 Å². The van der Waals surface area contributed by atoms with Gasteiger partial charge in [0.05, 0.1) is 15.4 Å². The van der Waals surface area contributed by atoms with Gasteiger partial charge in [0.2, 0.25) is 5.91 Å². The number of nitrogens with zero attached hydrogens (tertiary/aromatic N) is 1. The second kappa shape index (κ2) is 6.85. The number of non-ortho nitro benzene ring substituents is 1. The van der Waals surface area contributed by atoms with Crippen LogP contribution in [0.3, 0.4) is 0 Å². The number of hydrogen-bond acceptors (Lipinski definition) is 4. The van der Waals surface area contributed by atoms with E-state index in [9.17, 15) is 14.9 Å². The Bertz CT molecular complexity index is 901. The number of carbonyl (C=O) groups excluding carboxylic acids is 1. The van der Waals surface area contributed by atoms with E-state index < -0.39 is 10.3 Å². The van der Waals surface area contributed by atoms with Gasteiger partial charge in [0.15, 0.2) is 0 Å². The van der Waals surface area contributed by atoms with E-state index in [0.717, 1.165) is 18.4 Å². The Morgan fingerprint density at radius 3 is 2.48 bits per heavy atom. The van der Waals surface area contributed by atoms with Crippen LogP contribution in [0.1, 0.15) is 39.2 Å². The maximum absolute atomic E-state index is 12.7. The third-order valence-corrected chi connectivity index (χ3v) is 4.71. The molecule has 0 spiro atoms. The average Bonchev–Trinajstić information content (AvgIpc) is 3.37. The van der Waals surface area contributed by atoms with Gasteiger partial charge in [0, 0.05) is 17.7 Å². The Hall–Kier alpha value is -2.60. The van der Waals surface area contributed by atoms with Crippen LogP contribution in [0, 0.1) is 10.1 Å². The average molecular weight is 389 g/mol. The molecule has 0 heterocycles. The molecule has 1 saturated carbocycles. The molecule has 1 fully saturated rings. The van der Waals surface area contributed by atoms with Crippen LogP contribution in [-0.2, 0) is 10.2 Å². The van der Waals surface area contributed by atoms with E-state index in [1.54, 1.807) is 6.07 Å². The van der Waals surface area contributed by atoms with Crippen molar-refractivity contribution in [2.24, 2.45) is 0 Å². The first-order valence-electron chi connectivity index (χ1n) is 8.66. The number of rotatable bonds is 5. The molecule has 0 aliphatic heterocycles. The third-order valence-electron chi connectivity index (χ3n) is 4.41. The summed E-state index contributed by atoms with van der Waals surface area (Å²) in [7, 11) is 0. The van der Waals surface area contributed by atoms with Gasteiger partial charge < -0.3 is 10.1 Å². The molecule has 2 aromatic rings. The zero-order chi connectivity index (χ0) is 19.8. The largest absolute Gasteiger partial charge is 0.456 e. The molecule has 1 amide bonds. The van der Waals surface area contributed by atoms with Crippen molar-refractivity contribution in [3.05, 3.63) is 63.2 Å². The van der Waals surface area contributed by atoms with Crippen molar-refractivity contribution in [3.63, 3.8) is 0 Å². The molecule has 142 valence electrons. The van der Waals surface area contributed by atoms with Crippen LogP contribution >= 0.6 is 11.6 Å². The molecule has 0 radical (unpaired) electrons. The van der Waals surface area contributed by atoms with Gasteiger partial charge in [-0.15, -0.1) is 0 Å². The molecule has 3 rings (SSSR count). The number of nitro benzene ring substituents is 1. The Kier molecular flexibility index (Phi) is 4.86. The molecule has 1 aliphatic carbocycles. The zero-order valence-corrected chi connectivity index (χ0v) is 16.2. The predicted molar refractivity (Wildman–Crippen MR) is 103 cm³/mol. The second-order valence-corrected chi connectivity index (χ2v) is 8.20. The number of hydrogen-bond donors (Lipinski definition) is 1. The lowest BCUT2D eigenvalue weighted by Crippen LogP contribution is -2.46. The summed E-state index contributed by atoms with van der Waals surface area (Å²) in [6, 6.07) is 11.4. The molecular formula is C20H21ClN2O4. The van der Waals surface area contributed by atoms with Gasteiger partial charge in [0.25, 0.3) is 5.69 Å². The zero-order valence-electron chi connectivity index (χ0n) is 15.4. The summed E-state index contributed by atoms with van der Waals surface area (Å²) in [5.41, 5.74) is -0.0319. The predicted octanol–water partition coefficient (Wildman–Crippen LogP) is 4.99. The van der Waals surface area contributed by atoms with Gasteiger partial charge >= 0.3 is 0 Å². The fourth-order valence-electron chi connectivity index (χ4n) is 2.90. The van der Waals surface area contributed by atoms with Crippen molar-refractivity contribution in [2.75, 3.05) is 0 Å². The highest BCUT2D eigenvalue weighted by Gasteiger charge is 2.52. The van der Waals surface area contributed by atoms with E-state index in [1.165, 1.54) is 18.2 Å². The minimum atomic E-state index is -0.522. The summed E-state index contributed by atoms with van der Waals surface area (Å²) in [6.07, 6.45) is 1.58. The van der Waals surface area contributed by atoms with Crippen LogP contribution in [0.15, 0.2) is 42.5 Å². The van der Waals surface area contributed by atoms with E-state index in [4.69, 9.17) is 16.3 Å². The third kappa shape index (κ3) is 4.22. The Morgan fingerprint density at radius 2 is 1.93 bits per heavy atom. The van der Waals surface area contributed by atoms with Crippen molar-refractivity contribution in [1.29, 1.82) is 0 Å². The molecule has 2 aromatic carbocycles. The van der Waals surface area contributed by atoms with Crippen LogP contribution in [0.5, 0.6) is 11.5 Å². The maximum Gasteiger partial charge on any atom is 0.271 e. The van der Waals surface area contributed by atoms with Crippen molar-refractivity contribution >= 4 is 23.2 Å². The number of carbonyl (C=O) groups is 1. The highest BCUT2D eigenvalue weighted by atomic mass is 35.5. The van der Waals surface area contributed by atoms with E-state index in [1.807, 2.05) is 39.0 Å². The summed E-state index contributed by atoms with van der Waals surface area (Å²) in [4.78, 5) is 23.0. The minimum absolute atomic E-state index is 0.0144. The first kappa shape index (κ1) is 19.2. The SMILES string of the molecule is CC(C)(C)NC(=O)C1(c2cccc(Oc3ccc([N+](=O)[O-])cc3Cl)c2)CC1. The maximum atomic E-state index is 12.7. The lowest BCUT2D eigenvalue weighted by molar-refractivity contribution is -0.384. The molecule has 7 heteroatoms. The van der Waals surface area contributed by atoms with Gasteiger partial charge in [-0.05, 0) is 57.4 Å². The van der Waals surface area contributed by atoms with Gasteiger partial charge in [-0.3, -0.25) is 14.9 Å². The number of ether oxygens (including phenoxy) is 1. The van der Waals surface area contributed by atoms with Crippen molar-refractivity contribution < 1.29 is 14.5 Å². The van der Waals surface area contributed by atoms with Crippen LogP contribution < -0.4 is 10.1 Å². The summed E-state index contributed by atoms with van der Waals surface area (Å²) in [5.74, 6) is 0.863. The first-order chi connectivity index (χ1) is 12.6. The van der Waals surface area contributed by atoms with Gasteiger partial charge in [-0.1, -0.05) is 23.7 Å². The van der Waals surface area contributed by atoms with Gasteiger partial charge in [-0.25, -0.2) is 0 Å². The molecule has 0 bridgehead atoms. The van der Waals surface area contributed by atoms with E-state index in [-0.39, 0.29) is 22.2 Å². The summed E-state index contributed by atoms with van der Waals surface area (Å²) in [5, 5.41) is 14.0. The van der Waals surface area contributed by atoms with Crippen molar-refractivity contribution in [1.82, 2.24) is 5.32 Å². The smallest absolute Gasteiger partial charge is 0.271 e. The van der Waals surface area contributed by atoms with Crippen LogP contribution in [0.2, 0.25) is 5.02 Å². The quantitative estimate of drug-likeness (QED) is 0.578. The number of halogens is 1. The number of nitro groups is 1. The topological polar surface area (TPSA) is 81.5 Å². The highest BCUT2D eigenvalue weighted by Crippen LogP contribution is 2.49. The normalized spacial score (nSPS) is 15.1. The highest BCUT2D eigenvalue weighted by molar-refractivity contribution is 6.32. The molecule has 0 atom stereocenters. The Labute approximate surface area is 162 Å². The number of nitrogens with one attached hydrogen (secondary N) is 1. The molecule has 0 saturated heterocycles. The van der Waals surface area contributed by atoms with E-state index in [2.05, 4.69) is 5.32 Å². The lowest BCUT2D eigenvalue weighted by Gasteiger charge is -2.25. The van der Waals surface area contributed by atoms with Gasteiger partial charge in [0.1, 0.15) is 11.5 Å². The molecule has 1 N–H and O–H groups in total. The van der Waals surface area contributed by atoms with Crippen LogP contribution in [-0.4, -0.2) is 16.4 Å². The fraction of sp³-hybridized carbons (Fsp3) is 0.350. The minimum Gasteiger partial charge on any atom is -0.456 e. The van der Waals surface area contributed by atoms with E-state index in [0.29, 0.717) is 11.5 Å². The lowest BCUT2D eigenvalue weighted by atomic mass is 9.93. The second-order valence-electron chi connectivity index (χ2n) is 7.79. The van der Waals surface area contributed by atoms with Gasteiger partial charge in [-0.2, -0.15) is 0 Å². The molecular weight excluding hydrogens is 368 g/mol.